The van der Waals surface area contributed by atoms with Crippen molar-refractivity contribution in [1.82, 2.24) is 4.57 Å². The second-order valence-corrected chi connectivity index (χ2v) is 6.63. The Labute approximate surface area is 158 Å². The van der Waals surface area contributed by atoms with E-state index in [9.17, 15) is 10.1 Å². The molecule has 4 nitrogen and oxygen atoms in total. The van der Waals surface area contributed by atoms with Crippen LogP contribution >= 0.6 is 15.9 Å². The number of halogens is 1. The average molecular weight is 405 g/mol. The van der Waals surface area contributed by atoms with Crippen molar-refractivity contribution in [3.63, 3.8) is 0 Å². The topological polar surface area (TPSA) is 55.0 Å². The van der Waals surface area contributed by atoms with Crippen molar-refractivity contribution in [2.24, 2.45) is 0 Å². The Morgan fingerprint density at radius 3 is 2.54 bits per heavy atom. The van der Waals surface area contributed by atoms with E-state index in [2.05, 4.69) is 22.0 Å². The molecule has 3 aromatic carbocycles. The second kappa shape index (κ2) is 6.32. The monoisotopic (exact) mass is 404 g/mol. The molecule has 0 aliphatic rings. The fourth-order valence-electron chi connectivity index (χ4n) is 3.21. The van der Waals surface area contributed by atoms with E-state index in [1.54, 1.807) is 13.3 Å². The molecule has 0 aliphatic carbocycles. The molecule has 0 saturated heterocycles. The van der Waals surface area contributed by atoms with Crippen molar-refractivity contribution in [2.75, 3.05) is 7.11 Å². The molecule has 1 aromatic heterocycles. The first kappa shape index (κ1) is 16.4. The van der Waals surface area contributed by atoms with Crippen LogP contribution in [0.25, 0.3) is 21.7 Å². The third-order valence-corrected chi connectivity index (χ3v) is 5.21. The zero-order valence-electron chi connectivity index (χ0n) is 13.9. The molecule has 5 heteroatoms. The number of hydrogen-bond donors (Lipinski definition) is 0. The molecule has 0 unspecified atom stereocenters. The summed E-state index contributed by atoms with van der Waals surface area (Å²) in [4.78, 5) is 13.3. The van der Waals surface area contributed by atoms with Crippen molar-refractivity contribution < 1.29 is 9.53 Å². The number of nitriles is 1. The lowest BCUT2D eigenvalue weighted by Crippen LogP contribution is -2.12. The van der Waals surface area contributed by atoms with E-state index < -0.39 is 0 Å². The molecule has 126 valence electrons. The summed E-state index contributed by atoms with van der Waals surface area (Å²) in [5.74, 6) is 0.232. The molecule has 4 aromatic rings. The number of nitrogens with zero attached hydrogens (tertiary/aromatic N) is 2. The van der Waals surface area contributed by atoms with Crippen LogP contribution in [0.15, 0.2) is 65.3 Å². The maximum absolute atomic E-state index is 13.3. The number of aromatic nitrogens is 1. The quantitative estimate of drug-likeness (QED) is 0.465. The van der Waals surface area contributed by atoms with Crippen LogP contribution in [0, 0.1) is 11.3 Å². The van der Waals surface area contributed by atoms with Crippen molar-refractivity contribution >= 4 is 43.5 Å². The molecule has 0 bridgehead atoms. The lowest BCUT2D eigenvalue weighted by Gasteiger charge is -2.13. The fourth-order valence-corrected chi connectivity index (χ4v) is 3.95. The van der Waals surface area contributed by atoms with E-state index >= 15 is 0 Å². The lowest BCUT2D eigenvalue weighted by molar-refractivity contribution is 0.0962. The fraction of sp³-hybridized carbons (Fsp3) is 0.0476. The molecule has 0 N–H and O–H groups in total. The highest BCUT2D eigenvalue weighted by molar-refractivity contribution is 9.10. The number of para-hydroxylation sites is 1. The number of rotatable bonds is 2. The molecule has 0 atom stereocenters. The highest BCUT2D eigenvalue weighted by atomic mass is 79.9. The van der Waals surface area contributed by atoms with Crippen LogP contribution in [0.4, 0.5) is 0 Å². The Balaban J connectivity index is 1.99. The molecule has 0 amide bonds. The molecular formula is C21H13BrN2O2. The van der Waals surface area contributed by atoms with Crippen LogP contribution in [0.1, 0.15) is 15.9 Å². The Bertz CT molecular complexity index is 1220. The predicted molar refractivity (Wildman–Crippen MR) is 105 cm³/mol. The van der Waals surface area contributed by atoms with Crippen molar-refractivity contribution in [2.45, 2.75) is 0 Å². The van der Waals surface area contributed by atoms with Gasteiger partial charge in [0.15, 0.2) is 0 Å². The van der Waals surface area contributed by atoms with Gasteiger partial charge in [0.2, 0.25) is 0 Å². The molecule has 0 spiro atoms. The van der Waals surface area contributed by atoms with Crippen LogP contribution in [-0.2, 0) is 0 Å². The standard InChI is InChI=1S/C21H13BrN2O2/c1-26-20-17(10-13-6-2-3-8-16(13)19(20)22)21(25)24-12-14(11-23)15-7-4-5-9-18(15)24/h2-10,12H,1H3. The molecule has 4 rings (SSSR count). The van der Waals surface area contributed by atoms with E-state index in [4.69, 9.17) is 4.74 Å². The van der Waals surface area contributed by atoms with Gasteiger partial charge in [-0.05, 0) is 38.8 Å². The first-order valence-corrected chi connectivity index (χ1v) is 8.75. The van der Waals surface area contributed by atoms with E-state index in [0.717, 1.165) is 20.6 Å². The van der Waals surface area contributed by atoms with Gasteiger partial charge in [-0.25, -0.2) is 0 Å². The van der Waals surface area contributed by atoms with Gasteiger partial charge in [-0.3, -0.25) is 9.36 Å². The minimum absolute atomic E-state index is 0.244. The highest BCUT2D eigenvalue weighted by Gasteiger charge is 2.21. The zero-order valence-corrected chi connectivity index (χ0v) is 15.4. The minimum Gasteiger partial charge on any atom is -0.495 e. The summed E-state index contributed by atoms with van der Waals surface area (Å²) in [6.07, 6.45) is 1.58. The smallest absolute Gasteiger partial charge is 0.266 e. The molecular weight excluding hydrogens is 392 g/mol. The predicted octanol–water partition coefficient (Wildman–Crippen LogP) is 5.13. The Morgan fingerprint density at radius 2 is 1.81 bits per heavy atom. The van der Waals surface area contributed by atoms with Gasteiger partial charge in [-0.2, -0.15) is 5.26 Å². The molecule has 0 aliphatic heterocycles. The second-order valence-electron chi connectivity index (χ2n) is 5.84. The third-order valence-electron chi connectivity index (χ3n) is 4.43. The van der Waals surface area contributed by atoms with Crippen LogP contribution in [0.2, 0.25) is 0 Å². The summed E-state index contributed by atoms with van der Waals surface area (Å²) >= 11 is 3.56. The van der Waals surface area contributed by atoms with Crippen LogP contribution in [0.5, 0.6) is 5.75 Å². The van der Waals surface area contributed by atoms with E-state index in [0.29, 0.717) is 22.4 Å². The molecule has 0 fully saturated rings. The maximum Gasteiger partial charge on any atom is 0.266 e. The van der Waals surface area contributed by atoms with E-state index in [1.165, 1.54) is 4.57 Å². The zero-order chi connectivity index (χ0) is 18.3. The Hall–Kier alpha value is -3.10. The summed E-state index contributed by atoms with van der Waals surface area (Å²) in [6.45, 7) is 0. The van der Waals surface area contributed by atoms with Gasteiger partial charge in [0.25, 0.3) is 5.91 Å². The van der Waals surface area contributed by atoms with Crippen LogP contribution in [-0.4, -0.2) is 17.6 Å². The number of benzene rings is 3. The SMILES string of the molecule is COc1c(C(=O)n2cc(C#N)c3ccccc32)cc2ccccc2c1Br. The van der Waals surface area contributed by atoms with Crippen LogP contribution in [0.3, 0.4) is 0 Å². The number of ether oxygens (including phenoxy) is 1. The number of fused-ring (bicyclic) bond motifs is 2. The van der Waals surface area contributed by atoms with Gasteiger partial charge >= 0.3 is 0 Å². The van der Waals surface area contributed by atoms with Crippen LogP contribution < -0.4 is 4.74 Å². The summed E-state index contributed by atoms with van der Waals surface area (Å²) in [5, 5.41) is 12.0. The third kappa shape index (κ3) is 2.39. The van der Waals surface area contributed by atoms with Gasteiger partial charge in [0.1, 0.15) is 11.8 Å². The van der Waals surface area contributed by atoms with Crippen molar-refractivity contribution in [3.8, 4) is 11.8 Å². The molecule has 26 heavy (non-hydrogen) atoms. The summed E-state index contributed by atoms with van der Waals surface area (Å²) in [6, 6.07) is 19.1. The molecule has 0 radical (unpaired) electrons. The van der Waals surface area contributed by atoms with Gasteiger partial charge in [-0.1, -0.05) is 42.5 Å². The Kier molecular flexibility index (Phi) is 3.98. The van der Waals surface area contributed by atoms with E-state index in [-0.39, 0.29) is 5.91 Å². The van der Waals surface area contributed by atoms with Gasteiger partial charge in [-0.15, -0.1) is 0 Å². The summed E-state index contributed by atoms with van der Waals surface area (Å²) in [5.41, 5.74) is 1.59. The summed E-state index contributed by atoms with van der Waals surface area (Å²) in [7, 11) is 1.54. The average Bonchev–Trinajstić information content (AvgIpc) is 3.06. The number of methoxy groups -OCH3 is 1. The lowest BCUT2D eigenvalue weighted by atomic mass is 10.1. The van der Waals surface area contributed by atoms with Crippen molar-refractivity contribution in [1.29, 1.82) is 5.26 Å². The maximum atomic E-state index is 13.3. The highest BCUT2D eigenvalue weighted by Crippen LogP contribution is 2.37. The molecule has 1 heterocycles. The van der Waals surface area contributed by atoms with Gasteiger partial charge in [0.05, 0.1) is 28.2 Å². The first-order chi connectivity index (χ1) is 12.7. The largest absolute Gasteiger partial charge is 0.495 e. The normalized spacial score (nSPS) is 10.8. The number of hydrogen-bond acceptors (Lipinski definition) is 3. The number of carbonyl (C=O) groups excluding carboxylic acids is 1. The van der Waals surface area contributed by atoms with Gasteiger partial charge < -0.3 is 4.74 Å². The Morgan fingerprint density at radius 1 is 1.12 bits per heavy atom. The molecule has 0 saturated carbocycles. The van der Waals surface area contributed by atoms with E-state index in [1.807, 2.05) is 54.6 Å². The van der Waals surface area contributed by atoms with Gasteiger partial charge in [0, 0.05) is 11.6 Å². The first-order valence-electron chi connectivity index (χ1n) is 7.96. The van der Waals surface area contributed by atoms with Crippen molar-refractivity contribution in [3.05, 3.63) is 76.4 Å². The minimum atomic E-state index is -0.244. The summed E-state index contributed by atoms with van der Waals surface area (Å²) < 4.78 is 7.77. The number of carbonyl (C=O) groups is 1.